The number of rotatable bonds is 4. The quantitative estimate of drug-likeness (QED) is 0.869. The van der Waals surface area contributed by atoms with Gasteiger partial charge in [0.05, 0.1) is 11.9 Å². The van der Waals surface area contributed by atoms with Gasteiger partial charge in [-0.15, -0.1) is 11.3 Å². The van der Waals surface area contributed by atoms with Crippen LogP contribution in [0.4, 0.5) is 0 Å². The number of aromatic amines is 1. The zero-order valence-electron chi connectivity index (χ0n) is 15.4. The Morgan fingerprint density at radius 1 is 1.12 bits per heavy atom. The van der Waals surface area contributed by atoms with Crippen molar-refractivity contribution in [3.63, 3.8) is 0 Å². The molecule has 4 fully saturated rings. The number of hydrogen-bond donors (Lipinski definition) is 2. The summed E-state index contributed by atoms with van der Waals surface area (Å²) in [5, 5.41) is 3.31. The molecule has 0 saturated heterocycles. The fourth-order valence-electron chi connectivity index (χ4n) is 7.20. The molecule has 4 bridgehead atoms. The Hall–Kier alpha value is -1.20. The number of fused-ring (bicyclic) bond motifs is 3. The molecule has 2 aromatic heterocycles. The first kappa shape index (κ1) is 15.8. The molecule has 4 saturated carbocycles. The van der Waals surface area contributed by atoms with Gasteiger partial charge in [-0.25, -0.2) is 4.98 Å². The van der Waals surface area contributed by atoms with E-state index in [0.717, 1.165) is 53.2 Å². The van der Waals surface area contributed by atoms with Crippen LogP contribution in [0.15, 0.2) is 4.79 Å². The second kappa shape index (κ2) is 5.65. The summed E-state index contributed by atoms with van der Waals surface area (Å²) in [7, 11) is 0. The van der Waals surface area contributed by atoms with Gasteiger partial charge in [0.15, 0.2) is 5.82 Å². The lowest BCUT2D eigenvalue weighted by Gasteiger charge is -2.55. The zero-order valence-corrected chi connectivity index (χ0v) is 16.2. The van der Waals surface area contributed by atoms with Crippen molar-refractivity contribution in [3.05, 3.63) is 26.6 Å². The number of hydrogen-bond acceptors (Lipinski definition) is 3. The summed E-state index contributed by atoms with van der Waals surface area (Å²) in [4.78, 5) is 22.9. The van der Waals surface area contributed by atoms with Crippen molar-refractivity contribution < 1.29 is 5.32 Å². The van der Waals surface area contributed by atoms with Crippen molar-refractivity contribution in [2.75, 3.05) is 6.54 Å². The van der Waals surface area contributed by atoms with E-state index in [9.17, 15) is 4.79 Å². The van der Waals surface area contributed by atoms with E-state index < -0.39 is 0 Å². The highest BCUT2D eigenvalue weighted by Gasteiger charge is 2.51. The average Bonchev–Trinajstić information content (AvgIpc) is 3.13. The molecule has 0 atom stereocenters. The highest BCUT2D eigenvalue weighted by atomic mass is 32.1. The molecule has 0 aliphatic heterocycles. The minimum absolute atomic E-state index is 0.0904. The number of aromatic nitrogens is 2. The first-order chi connectivity index (χ1) is 12.7. The Morgan fingerprint density at radius 2 is 1.85 bits per heavy atom. The van der Waals surface area contributed by atoms with Gasteiger partial charge in [-0.3, -0.25) is 4.79 Å². The third kappa shape index (κ3) is 2.43. The highest BCUT2D eigenvalue weighted by molar-refractivity contribution is 7.18. The van der Waals surface area contributed by atoms with Crippen LogP contribution >= 0.6 is 11.3 Å². The number of nitrogens with zero attached hydrogens (tertiary/aromatic N) is 1. The Balaban J connectivity index is 1.19. The summed E-state index contributed by atoms with van der Waals surface area (Å²) in [6.45, 7) is 2.04. The van der Waals surface area contributed by atoms with E-state index in [1.165, 1.54) is 61.9 Å². The fourth-order valence-corrected chi connectivity index (χ4v) is 8.48. The van der Waals surface area contributed by atoms with E-state index in [1.807, 2.05) is 0 Å². The molecular formula is C21H28N3OS+. The van der Waals surface area contributed by atoms with Crippen LogP contribution in [0.2, 0.25) is 0 Å². The second-order valence-electron chi connectivity index (χ2n) is 9.66. The van der Waals surface area contributed by atoms with E-state index in [4.69, 9.17) is 4.98 Å². The lowest BCUT2D eigenvalue weighted by atomic mass is 9.49. The zero-order chi connectivity index (χ0) is 17.3. The second-order valence-corrected chi connectivity index (χ2v) is 10.7. The maximum absolute atomic E-state index is 12.6. The van der Waals surface area contributed by atoms with E-state index in [2.05, 4.69) is 10.3 Å². The number of nitrogens with one attached hydrogen (secondary N) is 1. The van der Waals surface area contributed by atoms with Crippen LogP contribution in [0.5, 0.6) is 0 Å². The van der Waals surface area contributed by atoms with Crippen LogP contribution in [0.25, 0.3) is 10.2 Å². The summed E-state index contributed by atoms with van der Waals surface area (Å²) in [6, 6.07) is 0. The molecule has 0 amide bonds. The number of H-pyrrole nitrogens is 1. The van der Waals surface area contributed by atoms with E-state index in [1.54, 1.807) is 11.3 Å². The average molecular weight is 371 g/mol. The molecule has 7 rings (SSSR count). The minimum atomic E-state index is 0.0904. The Morgan fingerprint density at radius 3 is 2.58 bits per heavy atom. The lowest BCUT2D eigenvalue weighted by Crippen LogP contribution is -2.86. The van der Waals surface area contributed by atoms with Gasteiger partial charge in [-0.1, -0.05) is 0 Å². The van der Waals surface area contributed by atoms with Gasteiger partial charge in [0.25, 0.3) is 5.56 Å². The number of nitrogens with two attached hydrogens (primary N) is 1. The van der Waals surface area contributed by atoms with Crippen LogP contribution in [0.3, 0.4) is 0 Å². The molecule has 5 aliphatic rings. The molecular weight excluding hydrogens is 342 g/mol. The summed E-state index contributed by atoms with van der Waals surface area (Å²) in [6.07, 6.45) is 12.3. The minimum Gasteiger partial charge on any atom is -0.339 e. The van der Waals surface area contributed by atoms with Gasteiger partial charge in [0, 0.05) is 10.3 Å². The topological polar surface area (TPSA) is 62.4 Å². The van der Waals surface area contributed by atoms with Gasteiger partial charge in [-0.05, 0) is 81.1 Å². The summed E-state index contributed by atoms with van der Waals surface area (Å²) >= 11 is 1.75. The van der Waals surface area contributed by atoms with Gasteiger partial charge in [0.2, 0.25) is 0 Å². The molecule has 0 spiro atoms. The van der Waals surface area contributed by atoms with Crippen LogP contribution in [-0.4, -0.2) is 16.5 Å². The van der Waals surface area contributed by atoms with Crippen molar-refractivity contribution >= 4 is 21.6 Å². The Kier molecular flexibility index (Phi) is 3.44. The van der Waals surface area contributed by atoms with E-state index >= 15 is 0 Å². The third-order valence-electron chi connectivity index (χ3n) is 7.70. The number of aryl methyl sites for hydroxylation is 2. The largest absolute Gasteiger partial charge is 0.339 e. The molecule has 5 aliphatic carbocycles. The molecule has 5 heteroatoms. The third-order valence-corrected chi connectivity index (χ3v) is 8.89. The summed E-state index contributed by atoms with van der Waals surface area (Å²) < 4.78 is 0. The molecule has 3 N–H and O–H groups in total. The first-order valence-corrected chi connectivity index (χ1v) is 11.3. The Labute approximate surface area is 157 Å². The van der Waals surface area contributed by atoms with Gasteiger partial charge in [-0.2, -0.15) is 0 Å². The van der Waals surface area contributed by atoms with Gasteiger partial charge < -0.3 is 10.3 Å². The molecule has 0 aromatic carbocycles. The van der Waals surface area contributed by atoms with Crippen LogP contribution < -0.4 is 10.9 Å². The molecule has 26 heavy (non-hydrogen) atoms. The molecule has 0 unspecified atom stereocenters. The van der Waals surface area contributed by atoms with Gasteiger partial charge in [0.1, 0.15) is 11.4 Å². The van der Waals surface area contributed by atoms with Crippen molar-refractivity contribution in [2.24, 2.45) is 23.2 Å². The predicted octanol–water partition coefficient (Wildman–Crippen LogP) is 2.75. The smallest absolute Gasteiger partial charge is 0.260 e. The van der Waals surface area contributed by atoms with E-state index in [-0.39, 0.29) is 5.56 Å². The summed E-state index contributed by atoms with van der Waals surface area (Å²) in [5.41, 5.74) is 1.96. The molecule has 4 nitrogen and oxygen atoms in total. The van der Waals surface area contributed by atoms with Crippen LogP contribution in [0, 0.1) is 23.2 Å². The SMILES string of the molecule is O=c1[nH]c(C[NH2+]CC23CC4CC(CC(C4)C2)C3)nc2sc3c(c12)CCC3. The highest BCUT2D eigenvalue weighted by Crippen LogP contribution is 2.59. The van der Waals surface area contributed by atoms with Crippen LogP contribution in [-0.2, 0) is 19.4 Å². The Bertz CT molecular complexity index is 892. The molecule has 138 valence electrons. The first-order valence-electron chi connectivity index (χ1n) is 10.5. The lowest BCUT2D eigenvalue weighted by molar-refractivity contribution is -0.685. The van der Waals surface area contributed by atoms with Crippen molar-refractivity contribution in [1.82, 2.24) is 9.97 Å². The number of thiophene rings is 1. The van der Waals surface area contributed by atoms with Crippen LogP contribution in [0.1, 0.15) is 61.2 Å². The molecule has 0 radical (unpaired) electrons. The van der Waals surface area contributed by atoms with Crippen molar-refractivity contribution in [3.8, 4) is 0 Å². The van der Waals surface area contributed by atoms with Crippen molar-refractivity contribution in [1.29, 1.82) is 0 Å². The summed E-state index contributed by atoms with van der Waals surface area (Å²) in [5.74, 6) is 3.90. The molecule has 2 aromatic rings. The standard InChI is InChI=1S/C21H27N3OS/c25-19-18-15-2-1-3-16(15)26-20(18)24-17(23-19)10-22-11-21-7-12-4-13(8-21)6-14(5-12)9-21/h12-14,22H,1-11H2,(H,23,24,25)/p+1. The molecule has 2 heterocycles. The monoisotopic (exact) mass is 370 g/mol. The maximum atomic E-state index is 12.6. The normalized spacial score (nSPS) is 34.7. The van der Waals surface area contributed by atoms with Gasteiger partial charge >= 0.3 is 0 Å². The number of quaternary nitrogens is 1. The van der Waals surface area contributed by atoms with E-state index in [0.29, 0.717) is 5.41 Å². The fraction of sp³-hybridized carbons (Fsp3) is 0.714. The van der Waals surface area contributed by atoms with Crippen molar-refractivity contribution in [2.45, 2.75) is 64.3 Å². The predicted molar refractivity (Wildman–Crippen MR) is 103 cm³/mol. The maximum Gasteiger partial charge on any atom is 0.260 e.